The van der Waals surface area contributed by atoms with Crippen LogP contribution in [-0.2, 0) is 0 Å². The van der Waals surface area contributed by atoms with Crippen LogP contribution in [0.4, 0.5) is 5.69 Å². The zero-order chi connectivity index (χ0) is 15.1. The predicted molar refractivity (Wildman–Crippen MR) is 83.2 cm³/mol. The second kappa shape index (κ2) is 7.25. The molecule has 0 aliphatic carbocycles. The van der Waals surface area contributed by atoms with E-state index in [0.29, 0.717) is 12.3 Å². The number of halogens is 1. The van der Waals surface area contributed by atoms with Gasteiger partial charge in [0.1, 0.15) is 23.1 Å². The molecule has 108 valence electrons. The molecule has 0 saturated heterocycles. The van der Waals surface area contributed by atoms with Crippen molar-refractivity contribution in [3.8, 4) is 5.75 Å². The summed E-state index contributed by atoms with van der Waals surface area (Å²) in [7, 11) is 0. The van der Waals surface area contributed by atoms with E-state index in [0.717, 1.165) is 11.3 Å². The Hall–Kier alpha value is -2.60. The van der Waals surface area contributed by atoms with Crippen molar-refractivity contribution in [1.29, 1.82) is 0 Å². The number of nitrogens with zero attached hydrogens (tertiary/aromatic N) is 2. The Bertz CT molecular complexity index is 712. The Morgan fingerprint density at radius 2 is 2.38 bits per heavy atom. The normalized spacial score (nSPS) is 10.5. The Kier molecular flexibility index (Phi) is 5.11. The standard InChI is InChI=1S/C14H13ClN4O2/c1-2-6-21-11-5-3-4-10(7-11)8-16-18-12-9-17-19-14(20)13(12)15/h2-5,7-9H,1,6H2,(H2,18,19,20)/b16-8-. The fourth-order valence-electron chi connectivity index (χ4n) is 1.48. The lowest BCUT2D eigenvalue weighted by atomic mass is 10.2. The average Bonchev–Trinajstić information content (AvgIpc) is 2.50. The number of aromatic nitrogens is 2. The van der Waals surface area contributed by atoms with E-state index in [9.17, 15) is 4.79 Å². The van der Waals surface area contributed by atoms with Gasteiger partial charge in [-0.15, -0.1) is 0 Å². The molecule has 0 fully saturated rings. The zero-order valence-corrected chi connectivity index (χ0v) is 11.8. The molecule has 1 aromatic heterocycles. The fourth-order valence-corrected chi connectivity index (χ4v) is 1.61. The predicted octanol–water partition coefficient (Wildman–Crippen LogP) is 2.43. The third-order valence-corrected chi connectivity index (χ3v) is 2.80. The van der Waals surface area contributed by atoms with Gasteiger partial charge < -0.3 is 4.74 Å². The van der Waals surface area contributed by atoms with Gasteiger partial charge in [-0.2, -0.15) is 10.2 Å². The number of rotatable bonds is 6. The Balaban J connectivity index is 2.05. The molecule has 7 heteroatoms. The van der Waals surface area contributed by atoms with E-state index in [1.807, 2.05) is 24.3 Å². The van der Waals surface area contributed by atoms with Gasteiger partial charge in [-0.1, -0.05) is 36.4 Å². The van der Waals surface area contributed by atoms with Crippen molar-refractivity contribution >= 4 is 23.5 Å². The van der Waals surface area contributed by atoms with Crippen molar-refractivity contribution in [2.45, 2.75) is 0 Å². The van der Waals surface area contributed by atoms with Gasteiger partial charge in [0, 0.05) is 0 Å². The van der Waals surface area contributed by atoms with Gasteiger partial charge in [-0.05, 0) is 17.7 Å². The number of benzene rings is 1. The van der Waals surface area contributed by atoms with E-state index in [4.69, 9.17) is 16.3 Å². The van der Waals surface area contributed by atoms with Gasteiger partial charge in [-0.3, -0.25) is 10.2 Å². The summed E-state index contributed by atoms with van der Waals surface area (Å²) < 4.78 is 5.42. The Morgan fingerprint density at radius 1 is 1.52 bits per heavy atom. The van der Waals surface area contributed by atoms with E-state index in [1.54, 1.807) is 12.3 Å². The van der Waals surface area contributed by atoms with Crippen molar-refractivity contribution in [3.05, 3.63) is 64.1 Å². The summed E-state index contributed by atoms with van der Waals surface area (Å²) in [6, 6.07) is 7.38. The monoisotopic (exact) mass is 304 g/mol. The fraction of sp³-hybridized carbons (Fsp3) is 0.0714. The van der Waals surface area contributed by atoms with Gasteiger partial charge in [0.05, 0.1) is 12.4 Å². The Morgan fingerprint density at radius 3 is 3.19 bits per heavy atom. The van der Waals surface area contributed by atoms with Crippen LogP contribution < -0.4 is 15.7 Å². The summed E-state index contributed by atoms with van der Waals surface area (Å²) in [5, 5.41) is 9.86. The number of aromatic amines is 1. The average molecular weight is 305 g/mol. The van der Waals surface area contributed by atoms with Crippen LogP contribution >= 0.6 is 11.6 Å². The molecule has 2 rings (SSSR count). The summed E-state index contributed by atoms with van der Waals surface area (Å²) >= 11 is 5.81. The molecule has 0 spiro atoms. The summed E-state index contributed by atoms with van der Waals surface area (Å²) in [5.41, 5.74) is 3.35. The SMILES string of the molecule is C=CCOc1cccc(/C=N\Nc2cn[nH]c(=O)c2Cl)c1. The van der Waals surface area contributed by atoms with Crippen LogP contribution in [0, 0.1) is 0 Å². The quantitative estimate of drug-likeness (QED) is 0.488. The number of hydrazone groups is 1. The molecule has 0 saturated carbocycles. The van der Waals surface area contributed by atoms with Crippen LogP contribution in [0.15, 0.2) is 53.0 Å². The first-order chi connectivity index (χ1) is 10.2. The van der Waals surface area contributed by atoms with Crippen LogP contribution in [0.2, 0.25) is 5.02 Å². The highest BCUT2D eigenvalue weighted by atomic mass is 35.5. The van der Waals surface area contributed by atoms with Crippen LogP contribution in [0.25, 0.3) is 0 Å². The third-order valence-electron chi connectivity index (χ3n) is 2.42. The molecule has 0 unspecified atom stereocenters. The summed E-state index contributed by atoms with van der Waals surface area (Å²) in [5.74, 6) is 0.717. The van der Waals surface area contributed by atoms with E-state index in [-0.39, 0.29) is 5.02 Å². The largest absolute Gasteiger partial charge is 0.490 e. The van der Waals surface area contributed by atoms with Crippen LogP contribution in [0.3, 0.4) is 0 Å². The smallest absolute Gasteiger partial charge is 0.285 e. The number of hydrogen-bond donors (Lipinski definition) is 2. The minimum atomic E-state index is -0.475. The van der Waals surface area contributed by atoms with Crippen molar-refractivity contribution < 1.29 is 4.74 Å². The van der Waals surface area contributed by atoms with Gasteiger partial charge in [0.25, 0.3) is 5.56 Å². The maximum Gasteiger partial charge on any atom is 0.285 e. The zero-order valence-electron chi connectivity index (χ0n) is 11.0. The molecule has 2 N–H and O–H groups in total. The molecular formula is C14H13ClN4O2. The number of anilines is 1. The van der Waals surface area contributed by atoms with E-state index >= 15 is 0 Å². The van der Waals surface area contributed by atoms with Crippen LogP contribution in [-0.4, -0.2) is 23.0 Å². The first kappa shape index (κ1) is 14.8. The van der Waals surface area contributed by atoms with E-state index < -0.39 is 5.56 Å². The lowest BCUT2D eigenvalue weighted by Crippen LogP contribution is -2.10. The number of H-pyrrole nitrogens is 1. The first-order valence-corrected chi connectivity index (χ1v) is 6.44. The molecule has 2 aromatic rings. The van der Waals surface area contributed by atoms with Gasteiger partial charge >= 0.3 is 0 Å². The van der Waals surface area contributed by atoms with Crippen molar-refractivity contribution in [2.75, 3.05) is 12.0 Å². The summed E-state index contributed by atoms with van der Waals surface area (Å²) in [6.45, 7) is 4.03. The minimum absolute atomic E-state index is 0.00483. The topological polar surface area (TPSA) is 79.4 Å². The molecule has 1 heterocycles. The molecule has 1 aromatic carbocycles. The first-order valence-electron chi connectivity index (χ1n) is 6.06. The second-order valence-corrected chi connectivity index (χ2v) is 4.35. The molecule has 0 bridgehead atoms. The summed E-state index contributed by atoms with van der Waals surface area (Å²) in [6.07, 6.45) is 4.63. The van der Waals surface area contributed by atoms with Gasteiger partial charge in [-0.25, -0.2) is 5.10 Å². The molecule has 0 amide bonds. The molecule has 0 atom stereocenters. The van der Waals surface area contributed by atoms with E-state index in [1.165, 1.54) is 6.20 Å². The molecule has 0 radical (unpaired) electrons. The lowest BCUT2D eigenvalue weighted by molar-refractivity contribution is 0.363. The van der Waals surface area contributed by atoms with E-state index in [2.05, 4.69) is 27.3 Å². The molecule has 6 nitrogen and oxygen atoms in total. The highest BCUT2D eigenvalue weighted by Crippen LogP contribution is 2.15. The lowest BCUT2D eigenvalue weighted by Gasteiger charge is -2.03. The third kappa shape index (κ3) is 4.19. The number of hydrogen-bond acceptors (Lipinski definition) is 5. The van der Waals surface area contributed by atoms with Crippen LogP contribution in [0.1, 0.15) is 5.56 Å². The highest BCUT2D eigenvalue weighted by molar-refractivity contribution is 6.32. The van der Waals surface area contributed by atoms with Gasteiger partial charge in [0.2, 0.25) is 0 Å². The molecule has 0 aliphatic rings. The minimum Gasteiger partial charge on any atom is -0.490 e. The van der Waals surface area contributed by atoms with Gasteiger partial charge in [0.15, 0.2) is 0 Å². The summed E-state index contributed by atoms with van der Waals surface area (Å²) in [4.78, 5) is 11.3. The molecule has 0 aliphatic heterocycles. The number of ether oxygens (including phenoxy) is 1. The maximum absolute atomic E-state index is 11.3. The Labute approximate surface area is 126 Å². The maximum atomic E-state index is 11.3. The highest BCUT2D eigenvalue weighted by Gasteiger charge is 2.02. The van der Waals surface area contributed by atoms with Crippen molar-refractivity contribution in [2.24, 2.45) is 5.10 Å². The van der Waals surface area contributed by atoms with Crippen LogP contribution in [0.5, 0.6) is 5.75 Å². The number of nitrogens with one attached hydrogen (secondary N) is 2. The molecule has 21 heavy (non-hydrogen) atoms. The van der Waals surface area contributed by atoms with Crippen molar-refractivity contribution in [1.82, 2.24) is 10.2 Å². The second-order valence-electron chi connectivity index (χ2n) is 3.97. The van der Waals surface area contributed by atoms with Crippen molar-refractivity contribution in [3.63, 3.8) is 0 Å². The molecular weight excluding hydrogens is 292 g/mol.